The van der Waals surface area contributed by atoms with E-state index in [0.717, 1.165) is 12.8 Å². The van der Waals surface area contributed by atoms with Crippen LogP contribution < -0.4 is 11.1 Å². The number of aromatic nitrogens is 2. The molecule has 0 radical (unpaired) electrons. The average Bonchev–Trinajstić information content (AvgIpc) is 3.21. The number of nitro groups is 1. The van der Waals surface area contributed by atoms with Gasteiger partial charge in [0.15, 0.2) is 0 Å². The highest BCUT2D eigenvalue weighted by atomic mass is 35.5. The molecule has 8 nitrogen and oxygen atoms in total. The summed E-state index contributed by atoms with van der Waals surface area (Å²) in [5.74, 6) is 0.698. The largest absolute Gasteiger partial charge is 0.381 e. The van der Waals surface area contributed by atoms with E-state index in [1.54, 1.807) is 11.5 Å². The molecule has 0 saturated heterocycles. The Balaban J connectivity index is 0.00000242. The number of carbonyl (C=O) groups excluding carboxylic acids is 1. The van der Waals surface area contributed by atoms with E-state index in [4.69, 9.17) is 5.73 Å². The van der Waals surface area contributed by atoms with E-state index in [2.05, 4.69) is 10.3 Å². The molecule has 1 aromatic rings. The lowest BCUT2D eigenvalue weighted by Gasteiger charge is -2.29. The topological polar surface area (TPSA) is 116 Å². The summed E-state index contributed by atoms with van der Waals surface area (Å²) in [6.45, 7) is 4.43. The Bertz CT molecular complexity index is 558. The first-order valence-corrected chi connectivity index (χ1v) is 7.05. The molecule has 0 aliphatic heterocycles. The molecule has 1 saturated carbocycles. The van der Waals surface area contributed by atoms with E-state index in [0.29, 0.717) is 24.8 Å². The first-order chi connectivity index (χ1) is 9.85. The number of aryl methyl sites for hydroxylation is 2. The molecule has 1 aliphatic carbocycles. The molecule has 1 atom stereocenters. The van der Waals surface area contributed by atoms with E-state index >= 15 is 0 Å². The van der Waals surface area contributed by atoms with Crippen molar-refractivity contribution in [1.82, 2.24) is 14.9 Å². The van der Waals surface area contributed by atoms with Gasteiger partial charge in [0.05, 0.1) is 5.54 Å². The van der Waals surface area contributed by atoms with Gasteiger partial charge in [-0.3, -0.25) is 4.79 Å². The van der Waals surface area contributed by atoms with Gasteiger partial charge in [0.1, 0.15) is 6.20 Å². The molecule has 1 aromatic heterocycles. The van der Waals surface area contributed by atoms with Crippen LogP contribution in [0.4, 0.5) is 5.82 Å². The third kappa shape index (κ3) is 4.17. The maximum Gasteiger partial charge on any atom is 0.381 e. The van der Waals surface area contributed by atoms with Crippen molar-refractivity contribution in [3.05, 3.63) is 22.1 Å². The smallest absolute Gasteiger partial charge is 0.358 e. The van der Waals surface area contributed by atoms with Crippen LogP contribution in [0.3, 0.4) is 0 Å². The number of nitrogens with two attached hydrogens (primary N) is 1. The third-order valence-corrected chi connectivity index (χ3v) is 4.06. The molecule has 9 heteroatoms. The molecule has 1 heterocycles. The summed E-state index contributed by atoms with van der Waals surface area (Å²) in [6.07, 6.45) is 3.80. The monoisotopic (exact) mass is 331 g/mol. The highest BCUT2D eigenvalue weighted by Crippen LogP contribution is 2.38. The highest BCUT2D eigenvalue weighted by molar-refractivity contribution is 5.85. The number of hydrogen-bond acceptors (Lipinski definition) is 5. The normalized spacial score (nSPS) is 16.5. The molecule has 1 unspecified atom stereocenters. The van der Waals surface area contributed by atoms with Crippen LogP contribution in [-0.2, 0) is 11.3 Å². The first-order valence-electron chi connectivity index (χ1n) is 7.05. The van der Waals surface area contributed by atoms with Gasteiger partial charge in [0.2, 0.25) is 11.7 Å². The minimum absolute atomic E-state index is 0. The quantitative estimate of drug-likeness (QED) is 0.574. The van der Waals surface area contributed by atoms with Crippen molar-refractivity contribution >= 4 is 24.1 Å². The number of nitrogens with zero attached hydrogens (tertiary/aromatic N) is 3. The van der Waals surface area contributed by atoms with Crippen LogP contribution in [0.15, 0.2) is 6.20 Å². The molecule has 2 rings (SSSR count). The summed E-state index contributed by atoms with van der Waals surface area (Å²) >= 11 is 0. The summed E-state index contributed by atoms with van der Waals surface area (Å²) in [7, 11) is 0. The van der Waals surface area contributed by atoms with Gasteiger partial charge < -0.3 is 25.7 Å². The van der Waals surface area contributed by atoms with Crippen LogP contribution in [0.5, 0.6) is 0 Å². The SMILES string of the molecule is Cc1nc([N+](=O)[O-])cn1CCC(=O)NC(C)(CN)C1CC1.Cl. The molecule has 1 amide bonds. The Morgan fingerprint density at radius 2 is 2.27 bits per heavy atom. The number of nitrogens with one attached hydrogen (secondary N) is 1. The molecule has 0 spiro atoms. The lowest BCUT2D eigenvalue weighted by molar-refractivity contribution is -0.389. The van der Waals surface area contributed by atoms with Crippen molar-refractivity contribution in [2.24, 2.45) is 11.7 Å². The predicted molar refractivity (Wildman–Crippen MR) is 83.8 cm³/mol. The Hall–Kier alpha value is -1.67. The van der Waals surface area contributed by atoms with Gasteiger partial charge >= 0.3 is 5.82 Å². The maximum absolute atomic E-state index is 12.0. The highest BCUT2D eigenvalue weighted by Gasteiger charge is 2.41. The fourth-order valence-electron chi connectivity index (χ4n) is 2.45. The first kappa shape index (κ1) is 18.4. The Morgan fingerprint density at radius 3 is 2.73 bits per heavy atom. The van der Waals surface area contributed by atoms with Crippen molar-refractivity contribution < 1.29 is 9.72 Å². The summed E-state index contributed by atoms with van der Waals surface area (Å²) < 4.78 is 1.62. The number of amides is 1. The number of halogens is 1. The average molecular weight is 332 g/mol. The molecule has 1 aliphatic rings. The van der Waals surface area contributed by atoms with Crippen molar-refractivity contribution in [3.63, 3.8) is 0 Å². The van der Waals surface area contributed by atoms with Crippen molar-refractivity contribution in [2.45, 2.75) is 45.2 Å². The number of imidazole rings is 1. The second-order valence-electron chi connectivity index (χ2n) is 5.79. The summed E-state index contributed by atoms with van der Waals surface area (Å²) in [6, 6.07) is 0. The minimum atomic E-state index is -0.540. The van der Waals surface area contributed by atoms with Gasteiger partial charge in [0.25, 0.3) is 0 Å². The predicted octanol–water partition coefficient (Wildman–Crippen LogP) is 1.16. The maximum atomic E-state index is 12.0. The van der Waals surface area contributed by atoms with Gasteiger partial charge in [-0.25, -0.2) is 0 Å². The van der Waals surface area contributed by atoms with E-state index in [9.17, 15) is 14.9 Å². The van der Waals surface area contributed by atoms with Crippen molar-refractivity contribution in [2.75, 3.05) is 6.54 Å². The Morgan fingerprint density at radius 1 is 1.64 bits per heavy atom. The molecule has 124 valence electrons. The lowest BCUT2D eigenvalue weighted by atomic mass is 9.96. The third-order valence-electron chi connectivity index (χ3n) is 4.06. The zero-order chi connectivity index (χ0) is 15.6. The van der Waals surface area contributed by atoms with E-state index in [1.807, 2.05) is 6.92 Å². The Labute approximate surface area is 135 Å². The van der Waals surface area contributed by atoms with Crippen LogP contribution in [0.1, 0.15) is 32.0 Å². The molecule has 1 fully saturated rings. The van der Waals surface area contributed by atoms with Crippen molar-refractivity contribution in [1.29, 1.82) is 0 Å². The second-order valence-corrected chi connectivity index (χ2v) is 5.79. The molecule has 0 bridgehead atoms. The van der Waals surface area contributed by atoms with Crippen LogP contribution in [0.2, 0.25) is 0 Å². The molecule has 0 aromatic carbocycles. The van der Waals surface area contributed by atoms with Gasteiger partial charge in [-0.05, 0) is 35.6 Å². The van der Waals surface area contributed by atoms with Crippen LogP contribution in [-0.4, -0.2) is 32.5 Å². The van der Waals surface area contributed by atoms with Crippen molar-refractivity contribution in [3.8, 4) is 0 Å². The summed E-state index contributed by atoms with van der Waals surface area (Å²) in [5.41, 5.74) is 5.42. The standard InChI is InChI=1S/C13H21N5O3.ClH/c1-9-15-11(18(20)21)7-17(9)6-5-12(19)16-13(2,8-14)10-3-4-10;/h7,10H,3-6,8,14H2,1-2H3,(H,16,19);1H. The van der Waals surface area contributed by atoms with E-state index < -0.39 is 4.92 Å². The minimum Gasteiger partial charge on any atom is -0.358 e. The number of rotatable bonds is 7. The Kier molecular flexibility index (Phi) is 5.90. The fraction of sp³-hybridized carbons (Fsp3) is 0.692. The number of carbonyl (C=O) groups is 1. The van der Waals surface area contributed by atoms with Crippen LogP contribution >= 0.6 is 12.4 Å². The summed E-state index contributed by atoms with van der Waals surface area (Å²) in [5, 5.41) is 13.6. The van der Waals surface area contributed by atoms with Crippen LogP contribution in [0.25, 0.3) is 0 Å². The zero-order valence-corrected chi connectivity index (χ0v) is 13.6. The summed E-state index contributed by atoms with van der Waals surface area (Å²) in [4.78, 5) is 26.0. The molecular weight excluding hydrogens is 310 g/mol. The zero-order valence-electron chi connectivity index (χ0n) is 12.7. The fourth-order valence-corrected chi connectivity index (χ4v) is 2.45. The molecule has 3 N–H and O–H groups in total. The second kappa shape index (κ2) is 7.06. The van der Waals surface area contributed by atoms with E-state index in [-0.39, 0.29) is 36.1 Å². The van der Waals surface area contributed by atoms with Gasteiger partial charge in [-0.2, -0.15) is 0 Å². The molecular formula is C13H22ClN5O3. The van der Waals surface area contributed by atoms with Crippen LogP contribution in [0, 0.1) is 23.0 Å². The van der Waals surface area contributed by atoms with Gasteiger partial charge in [-0.1, -0.05) is 0 Å². The van der Waals surface area contributed by atoms with Gasteiger partial charge in [-0.15, -0.1) is 12.4 Å². The lowest BCUT2D eigenvalue weighted by Crippen LogP contribution is -2.53. The van der Waals surface area contributed by atoms with E-state index in [1.165, 1.54) is 6.20 Å². The van der Waals surface area contributed by atoms with Gasteiger partial charge in [0, 0.05) is 26.4 Å². The number of hydrogen-bond donors (Lipinski definition) is 2. The molecule has 22 heavy (non-hydrogen) atoms.